The topological polar surface area (TPSA) is 43.1 Å². The van der Waals surface area contributed by atoms with Crippen molar-refractivity contribution in [1.29, 1.82) is 0 Å². The lowest BCUT2D eigenvalue weighted by Crippen LogP contribution is -2.12. The summed E-state index contributed by atoms with van der Waals surface area (Å²) in [5.41, 5.74) is 0. The van der Waals surface area contributed by atoms with E-state index in [4.69, 9.17) is 0 Å². The molecule has 0 rings (SSSR count). The number of nitro groups is 1. The van der Waals surface area contributed by atoms with Gasteiger partial charge < -0.3 is 0 Å². The van der Waals surface area contributed by atoms with Gasteiger partial charge in [0.25, 0.3) is 0 Å². The van der Waals surface area contributed by atoms with Gasteiger partial charge in [0, 0.05) is 18.3 Å². The maximum absolute atomic E-state index is 9.74. The second-order valence-corrected chi connectivity index (χ2v) is 1.54. The molecule has 56 valence electrons. The molecule has 0 spiro atoms. The van der Waals surface area contributed by atoms with E-state index in [0.717, 1.165) is 0 Å². The van der Waals surface area contributed by atoms with E-state index in [1.807, 2.05) is 13.8 Å². The maximum Gasteiger partial charge on any atom is 0.210 e. The van der Waals surface area contributed by atoms with Crippen molar-refractivity contribution in [3.8, 4) is 0 Å². The van der Waals surface area contributed by atoms with Crippen LogP contribution in [0.3, 0.4) is 0 Å². The molecule has 0 bridgehead atoms. The van der Waals surface area contributed by atoms with E-state index < -0.39 is 0 Å². The highest BCUT2D eigenvalue weighted by Crippen LogP contribution is 1.90. The molecule has 1 atom stereocenters. The predicted molar refractivity (Wildman–Crippen MR) is 38.1 cm³/mol. The zero-order chi connectivity index (χ0) is 7.86. The third kappa shape index (κ3) is 7.40. The van der Waals surface area contributed by atoms with Crippen LogP contribution in [0.5, 0.6) is 0 Å². The quantitative estimate of drug-likeness (QED) is 0.427. The Morgan fingerprint density at radius 2 is 1.89 bits per heavy atom. The first-order chi connectivity index (χ1) is 4.18. The first-order valence-electron chi connectivity index (χ1n) is 3.32. The normalized spacial score (nSPS) is 11.1. The molecule has 0 amide bonds. The lowest BCUT2D eigenvalue weighted by molar-refractivity contribution is -0.518. The number of rotatable bonds is 2. The third-order valence-electron chi connectivity index (χ3n) is 0.951. The zero-order valence-electron chi connectivity index (χ0n) is 6.55. The van der Waals surface area contributed by atoms with Gasteiger partial charge in [0.2, 0.25) is 6.04 Å². The van der Waals surface area contributed by atoms with E-state index in [9.17, 15) is 10.1 Å². The molecule has 9 heavy (non-hydrogen) atoms. The van der Waals surface area contributed by atoms with Crippen LogP contribution in [0.25, 0.3) is 0 Å². The molecular weight excluding hydrogens is 118 g/mol. The Hall–Kier alpha value is -0.600. The average molecular weight is 133 g/mol. The van der Waals surface area contributed by atoms with Crippen molar-refractivity contribution in [2.45, 2.75) is 40.2 Å². The summed E-state index contributed by atoms with van der Waals surface area (Å²) in [4.78, 5) is 9.46. The molecule has 0 aromatic heterocycles. The Kier molecular flexibility index (Phi) is 9.23. The summed E-state index contributed by atoms with van der Waals surface area (Å²) in [5, 5.41) is 9.74. The molecule has 1 unspecified atom stereocenters. The van der Waals surface area contributed by atoms with Gasteiger partial charge in [-0.05, 0) is 0 Å². The summed E-state index contributed by atoms with van der Waals surface area (Å²) in [5.74, 6) is 0. The first-order valence-corrected chi connectivity index (χ1v) is 3.32. The molecule has 0 aliphatic rings. The average Bonchev–Trinajstić information content (AvgIpc) is 1.91. The van der Waals surface area contributed by atoms with Crippen LogP contribution >= 0.6 is 0 Å². The number of hydrogen-bond acceptors (Lipinski definition) is 2. The van der Waals surface area contributed by atoms with Crippen LogP contribution in [0.4, 0.5) is 0 Å². The van der Waals surface area contributed by atoms with Gasteiger partial charge in [0.1, 0.15) is 0 Å². The fourth-order valence-electron chi connectivity index (χ4n) is 0.149. The van der Waals surface area contributed by atoms with E-state index in [0.29, 0.717) is 6.42 Å². The lowest BCUT2D eigenvalue weighted by atomic mass is 10.3. The zero-order valence-corrected chi connectivity index (χ0v) is 6.55. The maximum atomic E-state index is 9.74. The van der Waals surface area contributed by atoms with Crippen LogP contribution in [0, 0.1) is 10.1 Å². The molecule has 3 heteroatoms. The first kappa shape index (κ1) is 11.2. The smallest absolute Gasteiger partial charge is 0.210 e. The minimum Gasteiger partial charge on any atom is -0.264 e. The van der Waals surface area contributed by atoms with E-state index in [2.05, 4.69) is 0 Å². The molecule has 0 fully saturated rings. The van der Waals surface area contributed by atoms with Crippen molar-refractivity contribution < 1.29 is 4.92 Å². The molecule has 3 nitrogen and oxygen atoms in total. The van der Waals surface area contributed by atoms with Crippen LogP contribution < -0.4 is 0 Å². The van der Waals surface area contributed by atoms with Gasteiger partial charge >= 0.3 is 0 Å². The fraction of sp³-hybridized carbons (Fsp3) is 1.00. The highest BCUT2D eigenvalue weighted by Gasteiger charge is 2.06. The minimum atomic E-state index is -0.375. The SMILES string of the molecule is CC.CCC(C)[N+](=O)[O-]. The van der Waals surface area contributed by atoms with Gasteiger partial charge in [-0.1, -0.05) is 20.8 Å². The second kappa shape index (κ2) is 7.40. The Balaban J connectivity index is 0. The van der Waals surface area contributed by atoms with Crippen LogP contribution in [-0.2, 0) is 0 Å². The Bertz CT molecular complexity index is 73.5. The number of nitrogens with zero attached hydrogens (tertiary/aromatic N) is 1. The van der Waals surface area contributed by atoms with Gasteiger partial charge in [-0.2, -0.15) is 0 Å². The van der Waals surface area contributed by atoms with Crippen molar-refractivity contribution in [3.05, 3.63) is 10.1 Å². The van der Waals surface area contributed by atoms with Gasteiger partial charge in [0.15, 0.2) is 0 Å². The minimum absolute atomic E-state index is 0.278. The summed E-state index contributed by atoms with van der Waals surface area (Å²) >= 11 is 0. The predicted octanol–water partition coefficient (Wildman–Crippen LogP) is 2.09. The fourth-order valence-corrected chi connectivity index (χ4v) is 0.149. The van der Waals surface area contributed by atoms with E-state index >= 15 is 0 Å². The van der Waals surface area contributed by atoms with E-state index in [1.165, 1.54) is 0 Å². The van der Waals surface area contributed by atoms with E-state index in [-0.39, 0.29) is 11.0 Å². The van der Waals surface area contributed by atoms with Gasteiger partial charge in [-0.15, -0.1) is 0 Å². The molecule has 0 radical (unpaired) electrons. The Morgan fingerprint density at radius 1 is 1.56 bits per heavy atom. The summed E-state index contributed by atoms with van der Waals surface area (Å²) in [6.07, 6.45) is 0.618. The Labute approximate surface area is 56.2 Å². The summed E-state index contributed by atoms with van der Waals surface area (Å²) in [6.45, 7) is 7.40. The molecule has 0 aromatic rings. The van der Waals surface area contributed by atoms with Crippen molar-refractivity contribution in [2.24, 2.45) is 0 Å². The summed E-state index contributed by atoms with van der Waals surface area (Å²) in [7, 11) is 0. The van der Waals surface area contributed by atoms with Crippen LogP contribution in [0.2, 0.25) is 0 Å². The Morgan fingerprint density at radius 3 is 1.89 bits per heavy atom. The summed E-state index contributed by atoms with van der Waals surface area (Å²) < 4.78 is 0. The highest BCUT2D eigenvalue weighted by molar-refractivity contribution is 4.39. The van der Waals surface area contributed by atoms with Gasteiger partial charge in [-0.25, -0.2) is 0 Å². The van der Waals surface area contributed by atoms with Crippen LogP contribution in [0.1, 0.15) is 34.1 Å². The highest BCUT2D eigenvalue weighted by atomic mass is 16.6. The molecule has 0 aliphatic heterocycles. The van der Waals surface area contributed by atoms with Crippen molar-refractivity contribution in [2.75, 3.05) is 0 Å². The molecule has 0 heterocycles. The van der Waals surface area contributed by atoms with Crippen molar-refractivity contribution >= 4 is 0 Å². The summed E-state index contributed by atoms with van der Waals surface area (Å²) in [6, 6.07) is -0.375. The van der Waals surface area contributed by atoms with Crippen molar-refractivity contribution in [1.82, 2.24) is 0 Å². The monoisotopic (exact) mass is 133 g/mol. The van der Waals surface area contributed by atoms with Gasteiger partial charge in [-0.3, -0.25) is 10.1 Å². The standard InChI is InChI=1S/C4H9NO2.C2H6/c1-3-4(2)5(6)7;1-2/h4H,3H2,1-2H3;1-2H3. The molecule has 0 saturated carbocycles. The third-order valence-corrected chi connectivity index (χ3v) is 0.951. The number of hydrogen-bond donors (Lipinski definition) is 0. The van der Waals surface area contributed by atoms with Crippen LogP contribution in [-0.4, -0.2) is 11.0 Å². The van der Waals surface area contributed by atoms with Crippen molar-refractivity contribution in [3.63, 3.8) is 0 Å². The molecule has 0 aromatic carbocycles. The van der Waals surface area contributed by atoms with Crippen LogP contribution in [0.15, 0.2) is 0 Å². The second-order valence-electron chi connectivity index (χ2n) is 1.54. The lowest BCUT2D eigenvalue weighted by Gasteiger charge is -1.94. The van der Waals surface area contributed by atoms with E-state index in [1.54, 1.807) is 13.8 Å². The molecular formula is C6H15NO2. The molecule has 0 aliphatic carbocycles. The molecule has 0 saturated heterocycles. The van der Waals surface area contributed by atoms with Gasteiger partial charge in [0.05, 0.1) is 0 Å². The largest absolute Gasteiger partial charge is 0.264 e. The molecule has 0 N–H and O–H groups in total.